The molecule has 0 atom stereocenters. The maximum Gasteiger partial charge on any atom is 0.261 e. The number of benzene rings is 1. The van der Waals surface area contributed by atoms with Crippen molar-refractivity contribution in [1.29, 1.82) is 5.26 Å². The third-order valence-corrected chi connectivity index (χ3v) is 3.49. The van der Waals surface area contributed by atoms with Crippen molar-refractivity contribution in [2.45, 2.75) is 0 Å². The molecule has 0 bridgehead atoms. The van der Waals surface area contributed by atoms with Crippen molar-refractivity contribution < 1.29 is 4.79 Å². The summed E-state index contributed by atoms with van der Waals surface area (Å²) in [6.45, 7) is 0. The minimum Gasteiger partial charge on any atom is -0.354 e. The molecule has 1 aromatic carbocycles. The maximum atomic E-state index is 11.8. The van der Waals surface area contributed by atoms with Gasteiger partial charge in [-0.2, -0.15) is 5.26 Å². The van der Waals surface area contributed by atoms with Crippen LogP contribution in [0, 0.1) is 11.3 Å². The van der Waals surface area contributed by atoms with Crippen LogP contribution in [-0.2, 0) is 4.79 Å². The second-order valence-electron chi connectivity index (χ2n) is 4.89. The Kier molecular flexibility index (Phi) is 3.89. The number of imidazole rings is 1. The molecule has 0 aliphatic heterocycles. The number of carbonyl (C=O) groups excluding carboxylic acids is 1. The van der Waals surface area contributed by atoms with E-state index in [1.54, 1.807) is 6.08 Å². The zero-order valence-electron chi connectivity index (χ0n) is 12.5. The summed E-state index contributed by atoms with van der Waals surface area (Å²) in [5.74, 6) is -0.419. The molecule has 23 heavy (non-hydrogen) atoms. The quantitative estimate of drug-likeness (QED) is 0.597. The van der Waals surface area contributed by atoms with Crippen molar-refractivity contribution >= 4 is 17.6 Å². The molecule has 0 saturated carbocycles. The summed E-state index contributed by atoms with van der Waals surface area (Å²) in [4.78, 5) is 16.5. The number of amides is 1. The van der Waals surface area contributed by atoms with E-state index in [1.165, 1.54) is 7.05 Å². The molecule has 0 aliphatic carbocycles. The van der Waals surface area contributed by atoms with Crippen LogP contribution in [0.3, 0.4) is 0 Å². The average molecular weight is 302 g/mol. The van der Waals surface area contributed by atoms with Crippen molar-refractivity contribution in [3.8, 4) is 17.3 Å². The van der Waals surface area contributed by atoms with Crippen LogP contribution >= 0.6 is 0 Å². The molecule has 0 radical (unpaired) electrons. The monoisotopic (exact) mass is 302 g/mol. The zero-order valence-corrected chi connectivity index (χ0v) is 12.5. The van der Waals surface area contributed by atoms with Crippen LogP contribution in [-0.4, -0.2) is 22.3 Å². The Morgan fingerprint density at radius 3 is 2.65 bits per heavy atom. The van der Waals surface area contributed by atoms with E-state index in [9.17, 15) is 10.1 Å². The second kappa shape index (κ2) is 6.16. The van der Waals surface area contributed by atoms with Gasteiger partial charge in [-0.25, -0.2) is 4.98 Å². The smallest absolute Gasteiger partial charge is 0.261 e. The molecule has 0 fully saturated rings. The van der Waals surface area contributed by atoms with E-state index in [2.05, 4.69) is 10.3 Å². The van der Waals surface area contributed by atoms with Crippen LogP contribution in [0.1, 0.15) is 5.69 Å². The fourth-order valence-corrected chi connectivity index (χ4v) is 2.38. The van der Waals surface area contributed by atoms with Gasteiger partial charge in [0.05, 0.1) is 11.4 Å². The predicted octanol–water partition coefficient (Wildman–Crippen LogP) is 2.65. The lowest BCUT2D eigenvalue weighted by molar-refractivity contribution is -0.116. The maximum absolute atomic E-state index is 11.8. The van der Waals surface area contributed by atoms with Crippen LogP contribution in [0.2, 0.25) is 0 Å². The first-order chi connectivity index (χ1) is 11.2. The summed E-state index contributed by atoms with van der Waals surface area (Å²) in [6.07, 6.45) is 3.43. The zero-order chi connectivity index (χ0) is 16.2. The minimum atomic E-state index is -0.419. The highest BCUT2D eigenvalue weighted by atomic mass is 16.1. The van der Waals surface area contributed by atoms with Gasteiger partial charge >= 0.3 is 0 Å². The molecular formula is C18H14N4O. The van der Waals surface area contributed by atoms with Crippen molar-refractivity contribution in [2.75, 3.05) is 7.05 Å². The topological polar surface area (TPSA) is 70.2 Å². The van der Waals surface area contributed by atoms with Gasteiger partial charge in [0.2, 0.25) is 0 Å². The average Bonchev–Trinajstić information content (AvgIpc) is 2.98. The molecule has 5 nitrogen and oxygen atoms in total. The molecular weight excluding hydrogens is 288 g/mol. The largest absolute Gasteiger partial charge is 0.354 e. The summed E-state index contributed by atoms with van der Waals surface area (Å²) < 4.78 is 1.86. The molecule has 0 saturated heterocycles. The van der Waals surface area contributed by atoms with Gasteiger partial charge in [-0.3, -0.25) is 9.20 Å². The summed E-state index contributed by atoms with van der Waals surface area (Å²) in [5, 5.41) is 11.7. The third kappa shape index (κ3) is 2.70. The number of nitrogens with one attached hydrogen (secondary N) is 1. The normalized spacial score (nSPS) is 11.2. The van der Waals surface area contributed by atoms with E-state index < -0.39 is 5.91 Å². The number of likely N-dealkylation sites (N-methyl/N-ethyl adjacent to an activating group) is 1. The van der Waals surface area contributed by atoms with Crippen LogP contribution in [0.15, 0.2) is 60.3 Å². The standard InChI is InChI=1S/C18H14N4O/c1-20-18(23)14(12-19)11-15-17(13-7-3-2-4-8-13)21-16-9-5-6-10-22(15)16/h2-11H,1H3,(H,20,23)/b14-11+. The first-order valence-corrected chi connectivity index (χ1v) is 7.11. The summed E-state index contributed by atoms with van der Waals surface area (Å²) in [6, 6.07) is 17.3. The van der Waals surface area contributed by atoms with Gasteiger partial charge in [-0.15, -0.1) is 0 Å². The van der Waals surface area contributed by atoms with E-state index >= 15 is 0 Å². The number of nitriles is 1. The van der Waals surface area contributed by atoms with Crippen molar-refractivity contribution in [3.63, 3.8) is 0 Å². The van der Waals surface area contributed by atoms with Gasteiger partial charge in [-0.05, 0) is 18.2 Å². The Morgan fingerprint density at radius 1 is 1.22 bits per heavy atom. The molecule has 0 spiro atoms. The van der Waals surface area contributed by atoms with Gasteiger partial charge in [0.15, 0.2) is 0 Å². The highest BCUT2D eigenvalue weighted by Crippen LogP contribution is 2.26. The number of carbonyl (C=O) groups is 1. The lowest BCUT2D eigenvalue weighted by atomic mass is 10.1. The molecule has 0 aliphatic rings. The Bertz CT molecular complexity index is 933. The van der Waals surface area contributed by atoms with Crippen LogP contribution < -0.4 is 5.32 Å². The van der Waals surface area contributed by atoms with Crippen molar-refractivity contribution in [3.05, 3.63) is 66.0 Å². The summed E-state index contributed by atoms with van der Waals surface area (Å²) >= 11 is 0. The van der Waals surface area contributed by atoms with Crippen LogP contribution in [0.25, 0.3) is 23.0 Å². The van der Waals surface area contributed by atoms with Crippen LogP contribution in [0.5, 0.6) is 0 Å². The van der Waals surface area contributed by atoms with Gasteiger partial charge in [0.25, 0.3) is 5.91 Å². The van der Waals surface area contributed by atoms with Crippen molar-refractivity contribution in [1.82, 2.24) is 14.7 Å². The number of rotatable bonds is 3. The number of hydrogen-bond acceptors (Lipinski definition) is 3. The number of hydrogen-bond donors (Lipinski definition) is 1. The molecule has 1 amide bonds. The van der Waals surface area contributed by atoms with E-state index in [1.807, 2.05) is 65.2 Å². The number of pyridine rings is 1. The minimum absolute atomic E-state index is 0.0373. The van der Waals surface area contributed by atoms with E-state index in [0.29, 0.717) is 5.69 Å². The molecule has 112 valence electrons. The van der Waals surface area contributed by atoms with E-state index in [0.717, 1.165) is 16.9 Å². The predicted molar refractivity (Wildman–Crippen MR) is 88.3 cm³/mol. The first kappa shape index (κ1) is 14.5. The Morgan fingerprint density at radius 2 is 1.96 bits per heavy atom. The van der Waals surface area contributed by atoms with Gasteiger partial charge in [0, 0.05) is 18.8 Å². The first-order valence-electron chi connectivity index (χ1n) is 7.11. The van der Waals surface area contributed by atoms with Gasteiger partial charge in [0.1, 0.15) is 17.3 Å². The molecule has 3 rings (SSSR count). The van der Waals surface area contributed by atoms with Crippen molar-refractivity contribution in [2.24, 2.45) is 0 Å². The lowest BCUT2D eigenvalue weighted by Crippen LogP contribution is -2.19. The number of aromatic nitrogens is 2. The fraction of sp³-hybridized carbons (Fsp3) is 0.0556. The fourth-order valence-electron chi connectivity index (χ4n) is 2.38. The molecule has 5 heteroatoms. The Hall–Kier alpha value is -3.39. The third-order valence-electron chi connectivity index (χ3n) is 3.49. The number of fused-ring (bicyclic) bond motifs is 1. The van der Waals surface area contributed by atoms with Gasteiger partial charge in [-0.1, -0.05) is 36.4 Å². The molecule has 2 aromatic heterocycles. The molecule has 1 N–H and O–H groups in total. The Labute approximate surface area is 133 Å². The summed E-state index contributed by atoms with van der Waals surface area (Å²) in [7, 11) is 1.50. The van der Waals surface area contributed by atoms with E-state index in [4.69, 9.17) is 0 Å². The second-order valence-corrected chi connectivity index (χ2v) is 4.89. The summed E-state index contributed by atoms with van der Waals surface area (Å²) in [5.41, 5.74) is 3.15. The number of nitrogens with zero attached hydrogens (tertiary/aromatic N) is 3. The highest BCUT2D eigenvalue weighted by molar-refractivity contribution is 6.02. The SMILES string of the molecule is CNC(=O)/C(C#N)=C/c1c(-c2ccccc2)nc2ccccn12. The lowest BCUT2D eigenvalue weighted by Gasteiger charge is -2.02. The highest BCUT2D eigenvalue weighted by Gasteiger charge is 2.15. The Balaban J connectivity index is 2.28. The van der Waals surface area contributed by atoms with Crippen LogP contribution in [0.4, 0.5) is 0 Å². The van der Waals surface area contributed by atoms with Gasteiger partial charge < -0.3 is 5.32 Å². The molecule has 2 heterocycles. The molecule has 0 unspecified atom stereocenters. The van der Waals surface area contributed by atoms with E-state index in [-0.39, 0.29) is 5.57 Å². The molecule has 3 aromatic rings.